The predicted molar refractivity (Wildman–Crippen MR) is 172 cm³/mol. The van der Waals surface area contributed by atoms with E-state index in [4.69, 9.17) is 19.7 Å². The number of ether oxygens (including phenoxy) is 2. The largest absolute Gasteiger partial charge is 0.465 e. The molecule has 0 bridgehead atoms. The Labute approximate surface area is 274 Å². The number of azo groups is 2. The fourth-order valence-corrected chi connectivity index (χ4v) is 4.74. The number of carbonyl (C=O) groups excluding carboxylic acids is 2. The molecule has 0 saturated heterocycles. The number of aromatic nitrogens is 10. The molecule has 5 rings (SSSR count). The van der Waals surface area contributed by atoms with Gasteiger partial charge in [0.2, 0.25) is 0 Å². The standard InChI is InChI=1S/C28H34N16O4/c1-15-21(33-35-23-17(27(45)47-9)12-31-41(23)7)25(39(3)4)43(37-15)19-11-20(30-14-29-19)44-26(40(5)6)22(16(2)38-44)34-36-24-18(28(46)48-10)13-32-42(24)8/h11-14H,1-10H3. The lowest BCUT2D eigenvalue weighted by Crippen LogP contribution is -2.17. The van der Waals surface area contributed by atoms with Crippen LogP contribution in [-0.2, 0) is 23.6 Å². The summed E-state index contributed by atoms with van der Waals surface area (Å²) >= 11 is 0. The Bertz CT molecular complexity index is 1920. The third-order valence-corrected chi connectivity index (χ3v) is 7.04. The maximum absolute atomic E-state index is 12.2. The molecule has 0 atom stereocenters. The number of methoxy groups -OCH3 is 2. The first-order valence-corrected chi connectivity index (χ1v) is 14.3. The van der Waals surface area contributed by atoms with Crippen LogP contribution in [0.2, 0.25) is 0 Å². The average molecular weight is 659 g/mol. The molecule has 0 amide bonds. The van der Waals surface area contributed by atoms with Crippen molar-refractivity contribution in [2.75, 3.05) is 52.2 Å². The van der Waals surface area contributed by atoms with Gasteiger partial charge in [-0.2, -0.15) is 29.8 Å². The van der Waals surface area contributed by atoms with E-state index in [2.05, 4.69) is 40.6 Å². The number of carbonyl (C=O) groups is 2. The summed E-state index contributed by atoms with van der Waals surface area (Å²) in [4.78, 5) is 37.1. The number of hydrogen-bond acceptors (Lipinski definition) is 16. The molecule has 250 valence electrons. The van der Waals surface area contributed by atoms with Crippen molar-refractivity contribution in [3.8, 4) is 11.6 Å². The maximum Gasteiger partial charge on any atom is 0.343 e. The van der Waals surface area contributed by atoms with Gasteiger partial charge in [0.05, 0.1) is 38.0 Å². The quantitative estimate of drug-likeness (QED) is 0.156. The van der Waals surface area contributed by atoms with E-state index in [1.165, 1.54) is 42.3 Å². The monoisotopic (exact) mass is 658 g/mol. The zero-order chi connectivity index (χ0) is 34.9. The molecule has 5 aromatic rings. The fraction of sp³-hybridized carbons (Fsp3) is 0.357. The zero-order valence-corrected chi connectivity index (χ0v) is 28.1. The van der Waals surface area contributed by atoms with Crippen LogP contribution in [0.5, 0.6) is 0 Å². The Kier molecular flexibility index (Phi) is 9.07. The van der Waals surface area contributed by atoms with E-state index in [0.717, 1.165) is 0 Å². The van der Waals surface area contributed by atoms with E-state index in [0.29, 0.717) is 46.0 Å². The second-order valence-electron chi connectivity index (χ2n) is 10.8. The number of hydrogen-bond donors (Lipinski definition) is 0. The van der Waals surface area contributed by atoms with Gasteiger partial charge in [0, 0.05) is 48.4 Å². The maximum atomic E-state index is 12.2. The van der Waals surface area contributed by atoms with Crippen LogP contribution in [0.4, 0.5) is 34.6 Å². The van der Waals surface area contributed by atoms with E-state index >= 15 is 0 Å². The Hall–Kier alpha value is -6.34. The summed E-state index contributed by atoms with van der Waals surface area (Å²) in [5.74, 6) is 1.27. The van der Waals surface area contributed by atoms with Gasteiger partial charge in [-0.25, -0.2) is 28.9 Å². The molecule has 0 N–H and O–H groups in total. The van der Waals surface area contributed by atoms with Crippen molar-refractivity contribution in [1.29, 1.82) is 0 Å². The molecule has 0 aliphatic carbocycles. The van der Waals surface area contributed by atoms with Crippen molar-refractivity contribution in [1.82, 2.24) is 49.1 Å². The summed E-state index contributed by atoms with van der Waals surface area (Å²) in [6.45, 7) is 3.58. The molecule has 0 radical (unpaired) electrons. The molecule has 0 aliphatic heterocycles. The minimum absolute atomic E-state index is 0.176. The lowest BCUT2D eigenvalue weighted by Gasteiger charge is -2.17. The van der Waals surface area contributed by atoms with Gasteiger partial charge in [-0.05, 0) is 13.8 Å². The Morgan fingerprint density at radius 3 is 1.44 bits per heavy atom. The molecule has 5 aromatic heterocycles. The Morgan fingerprint density at radius 2 is 1.08 bits per heavy atom. The van der Waals surface area contributed by atoms with Gasteiger partial charge in [0.25, 0.3) is 0 Å². The number of anilines is 2. The lowest BCUT2D eigenvalue weighted by atomic mass is 10.3. The first kappa shape index (κ1) is 33.0. The van der Waals surface area contributed by atoms with Gasteiger partial charge >= 0.3 is 11.9 Å². The Balaban J connectivity index is 1.57. The third kappa shape index (κ3) is 5.97. The molecule has 0 spiro atoms. The van der Waals surface area contributed by atoms with Crippen LogP contribution in [0, 0.1) is 13.8 Å². The molecule has 0 saturated carbocycles. The van der Waals surface area contributed by atoms with Crippen molar-refractivity contribution >= 4 is 46.6 Å². The average Bonchev–Trinajstić information content (AvgIpc) is 3.81. The van der Waals surface area contributed by atoms with E-state index < -0.39 is 11.9 Å². The van der Waals surface area contributed by atoms with Crippen LogP contribution in [-0.4, -0.2) is 103 Å². The van der Waals surface area contributed by atoms with Crippen molar-refractivity contribution < 1.29 is 19.1 Å². The molecule has 0 aliphatic rings. The summed E-state index contributed by atoms with van der Waals surface area (Å²) in [6, 6.07) is 1.72. The summed E-state index contributed by atoms with van der Waals surface area (Å²) < 4.78 is 15.8. The van der Waals surface area contributed by atoms with Gasteiger partial charge in [-0.1, -0.05) is 0 Å². The number of rotatable bonds is 10. The van der Waals surface area contributed by atoms with E-state index in [-0.39, 0.29) is 22.8 Å². The summed E-state index contributed by atoms with van der Waals surface area (Å²) in [5.41, 5.74) is 2.36. The first-order chi connectivity index (χ1) is 22.9. The minimum atomic E-state index is -0.579. The van der Waals surface area contributed by atoms with Crippen LogP contribution in [0.1, 0.15) is 32.1 Å². The zero-order valence-electron chi connectivity index (χ0n) is 28.1. The van der Waals surface area contributed by atoms with Gasteiger partial charge in [-0.3, -0.25) is 0 Å². The highest BCUT2D eigenvalue weighted by Crippen LogP contribution is 2.37. The SMILES string of the molecule is COC(=O)c1cnn(C)c1N=Nc1c(C)nn(-c2cc(-n3nc(C)c(N=Nc4c(C(=O)OC)cnn4C)c3N(C)C)ncn2)c1N(C)C. The molecule has 20 heteroatoms. The molecular formula is C28H34N16O4. The van der Waals surface area contributed by atoms with Crippen molar-refractivity contribution in [2.24, 2.45) is 34.6 Å². The molecule has 0 fully saturated rings. The van der Waals surface area contributed by atoms with Crippen molar-refractivity contribution in [2.45, 2.75) is 13.8 Å². The normalized spacial score (nSPS) is 11.5. The highest BCUT2D eigenvalue weighted by atomic mass is 16.5. The van der Waals surface area contributed by atoms with Gasteiger partial charge in [0.15, 0.2) is 46.3 Å². The second kappa shape index (κ2) is 13.2. The first-order valence-electron chi connectivity index (χ1n) is 14.3. The van der Waals surface area contributed by atoms with E-state index in [9.17, 15) is 9.59 Å². The van der Waals surface area contributed by atoms with E-state index in [1.807, 2.05) is 38.0 Å². The van der Waals surface area contributed by atoms with Crippen molar-refractivity contribution in [3.05, 3.63) is 47.3 Å². The smallest absolute Gasteiger partial charge is 0.343 e. The molecule has 0 aromatic carbocycles. The number of esters is 2. The van der Waals surface area contributed by atoms with Gasteiger partial charge < -0.3 is 19.3 Å². The molecule has 20 nitrogen and oxygen atoms in total. The fourth-order valence-electron chi connectivity index (χ4n) is 4.74. The second-order valence-corrected chi connectivity index (χ2v) is 10.8. The lowest BCUT2D eigenvalue weighted by molar-refractivity contribution is 0.0592. The van der Waals surface area contributed by atoms with Crippen LogP contribution >= 0.6 is 0 Å². The van der Waals surface area contributed by atoms with Crippen LogP contribution in [0.3, 0.4) is 0 Å². The topological polar surface area (TPSA) is 206 Å². The van der Waals surface area contributed by atoms with Crippen LogP contribution in [0.25, 0.3) is 11.6 Å². The Morgan fingerprint density at radius 1 is 0.688 bits per heavy atom. The van der Waals surface area contributed by atoms with Gasteiger partial charge in [0.1, 0.15) is 17.5 Å². The van der Waals surface area contributed by atoms with Crippen LogP contribution < -0.4 is 9.80 Å². The summed E-state index contributed by atoms with van der Waals surface area (Å²) in [6.07, 6.45) is 4.14. The van der Waals surface area contributed by atoms with Crippen LogP contribution in [0.15, 0.2) is 45.2 Å². The highest BCUT2D eigenvalue weighted by molar-refractivity contribution is 5.94. The molecule has 48 heavy (non-hydrogen) atoms. The predicted octanol–water partition coefficient (Wildman–Crippen LogP) is 3.47. The third-order valence-electron chi connectivity index (χ3n) is 7.04. The minimum Gasteiger partial charge on any atom is -0.465 e. The van der Waals surface area contributed by atoms with Crippen molar-refractivity contribution in [3.63, 3.8) is 0 Å². The number of aryl methyl sites for hydroxylation is 4. The molecular weight excluding hydrogens is 624 g/mol. The molecule has 0 unspecified atom stereocenters. The number of nitrogens with zero attached hydrogens (tertiary/aromatic N) is 16. The highest BCUT2D eigenvalue weighted by Gasteiger charge is 2.24. The van der Waals surface area contributed by atoms with E-state index in [1.54, 1.807) is 43.4 Å². The molecule has 5 heterocycles. The summed E-state index contributed by atoms with van der Waals surface area (Å²) in [7, 11) is 13.2. The van der Waals surface area contributed by atoms with Gasteiger partial charge in [-0.15, -0.1) is 20.5 Å². The summed E-state index contributed by atoms with van der Waals surface area (Å²) in [5, 5.41) is 35.2.